The van der Waals surface area contributed by atoms with E-state index in [-0.39, 0.29) is 11.6 Å². The summed E-state index contributed by atoms with van der Waals surface area (Å²) in [6.07, 6.45) is 10.1. The van der Waals surface area contributed by atoms with Gasteiger partial charge in [-0.2, -0.15) is 5.10 Å². The zero-order chi connectivity index (χ0) is 13.0. The Morgan fingerprint density at radius 3 is 2.94 bits per heavy atom. The van der Waals surface area contributed by atoms with Crippen molar-refractivity contribution in [3.8, 4) is 0 Å². The van der Waals surface area contributed by atoms with Gasteiger partial charge in [0.2, 0.25) is 0 Å². The topological polar surface area (TPSA) is 27.1 Å². The number of nitrogens with zero attached hydrogens (tertiary/aromatic N) is 2. The van der Waals surface area contributed by atoms with E-state index in [9.17, 15) is 0 Å². The Morgan fingerprint density at radius 2 is 2.44 bits per heavy atom. The van der Waals surface area contributed by atoms with E-state index in [4.69, 9.17) is 4.74 Å². The molecule has 1 aliphatic rings. The molecule has 1 aliphatic carbocycles. The van der Waals surface area contributed by atoms with E-state index < -0.39 is 0 Å². The number of aromatic nitrogens is 2. The van der Waals surface area contributed by atoms with Gasteiger partial charge >= 0.3 is 0 Å². The van der Waals surface area contributed by atoms with Crippen LogP contribution >= 0.6 is 31.9 Å². The molecule has 2 rings (SSSR count). The van der Waals surface area contributed by atoms with Gasteiger partial charge in [-0.15, -0.1) is 6.58 Å². The molecule has 1 aromatic heterocycles. The lowest BCUT2D eigenvalue weighted by molar-refractivity contribution is -0.107. The fourth-order valence-electron chi connectivity index (χ4n) is 2.32. The third-order valence-corrected chi connectivity index (χ3v) is 4.48. The molecule has 0 bridgehead atoms. The first kappa shape index (κ1) is 14.3. The smallest absolute Gasteiger partial charge is 0.108 e. The third-order valence-electron chi connectivity index (χ3n) is 3.51. The predicted octanol–water partition coefficient (Wildman–Crippen LogP) is 4.10. The minimum atomic E-state index is -0.224. The molecule has 18 heavy (non-hydrogen) atoms. The Morgan fingerprint density at radius 1 is 1.61 bits per heavy atom. The minimum absolute atomic E-state index is 0.224. The van der Waals surface area contributed by atoms with Crippen LogP contribution < -0.4 is 0 Å². The van der Waals surface area contributed by atoms with Gasteiger partial charge in [0.25, 0.3) is 0 Å². The molecule has 5 heteroatoms. The van der Waals surface area contributed by atoms with Gasteiger partial charge in [0, 0.05) is 18.1 Å². The summed E-state index contributed by atoms with van der Waals surface area (Å²) in [5, 5.41) is 5.39. The van der Waals surface area contributed by atoms with Crippen molar-refractivity contribution < 1.29 is 4.74 Å². The fraction of sp³-hybridized carbons (Fsp3) is 0.615. The van der Waals surface area contributed by atoms with Gasteiger partial charge in [0.1, 0.15) is 5.60 Å². The maximum Gasteiger partial charge on any atom is 0.108 e. The summed E-state index contributed by atoms with van der Waals surface area (Å²) in [7, 11) is 0. The molecule has 1 unspecified atom stereocenters. The number of hydrogen-bond acceptors (Lipinski definition) is 2. The highest BCUT2D eigenvalue weighted by atomic mass is 79.9. The van der Waals surface area contributed by atoms with Crippen LogP contribution in [0.5, 0.6) is 0 Å². The van der Waals surface area contributed by atoms with Gasteiger partial charge < -0.3 is 4.74 Å². The average molecular weight is 378 g/mol. The maximum absolute atomic E-state index is 6.08. The van der Waals surface area contributed by atoms with E-state index in [1.165, 1.54) is 0 Å². The molecule has 0 saturated heterocycles. The van der Waals surface area contributed by atoms with Crippen LogP contribution in [0.25, 0.3) is 0 Å². The second-order valence-electron chi connectivity index (χ2n) is 4.60. The van der Waals surface area contributed by atoms with Crippen LogP contribution in [0.1, 0.15) is 31.7 Å². The van der Waals surface area contributed by atoms with Crippen molar-refractivity contribution in [3.63, 3.8) is 0 Å². The summed E-state index contributed by atoms with van der Waals surface area (Å²) in [5.41, 5.74) is -0.224. The number of rotatable bonds is 7. The summed E-state index contributed by atoms with van der Waals surface area (Å²) >= 11 is 6.87. The van der Waals surface area contributed by atoms with E-state index in [1.807, 2.05) is 23.2 Å². The quantitative estimate of drug-likeness (QED) is 0.406. The molecule has 3 nitrogen and oxygen atoms in total. The molecule has 1 saturated carbocycles. The van der Waals surface area contributed by atoms with Crippen molar-refractivity contribution in [2.24, 2.45) is 0 Å². The highest BCUT2D eigenvalue weighted by Crippen LogP contribution is 2.46. The number of halogens is 2. The first-order valence-corrected chi connectivity index (χ1v) is 8.16. The highest BCUT2D eigenvalue weighted by Gasteiger charge is 2.47. The van der Waals surface area contributed by atoms with Crippen molar-refractivity contribution in [1.82, 2.24) is 9.78 Å². The predicted molar refractivity (Wildman–Crippen MR) is 80.1 cm³/mol. The van der Waals surface area contributed by atoms with Crippen molar-refractivity contribution in [2.45, 2.75) is 37.3 Å². The molecular weight excluding hydrogens is 360 g/mol. The first-order chi connectivity index (χ1) is 8.72. The van der Waals surface area contributed by atoms with Gasteiger partial charge in [0.15, 0.2) is 0 Å². The summed E-state index contributed by atoms with van der Waals surface area (Å²) in [6.45, 7) is 4.74. The Labute approximate surface area is 125 Å². The van der Waals surface area contributed by atoms with Crippen molar-refractivity contribution in [3.05, 3.63) is 29.5 Å². The van der Waals surface area contributed by atoms with Crippen molar-refractivity contribution in [2.75, 3.05) is 11.9 Å². The van der Waals surface area contributed by atoms with Crippen LogP contribution in [0.15, 0.2) is 29.5 Å². The normalized spacial score (nSPS) is 26.9. The van der Waals surface area contributed by atoms with E-state index in [0.29, 0.717) is 0 Å². The Balaban J connectivity index is 1.97. The molecule has 0 spiro atoms. The molecule has 0 amide bonds. The summed E-state index contributed by atoms with van der Waals surface area (Å²) < 4.78 is 9.07. The summed E-state index contributed by atoms with van der Waals surface area (Å²) in [6, 6.07) is 0.283. The second kappa shape index (κ2) is 6.35. The van der Waals surface area contributed by atoms with E-state index in [0.717, 1.165) is 42.1 Å². The van der Waals surface area contributed by atoms with Crippen LogP contribution in [0.4, 0.5) is 0 Å². The number of alkyl halides is 1. The molecule has 0 N–H and O–H groups in total. The lowest BCUT2D eigenvalue weighted by atomic mass is 9.74. The Bertz CT molecular complexity index is 407. The Kier molecular flexibility index (Phi) is 5.04. The van der Waals surface area contributed by atoms with E-state index in [2.05, 4.69) is 43.5 Å². The van der Waals surface area contributed by atoms with E-state index in [1.54, 1.807) is 0 Å². The van der Waals surface area contributed by atoms with Crippen LogP contribution in [0.3, 0.4) is 0 Å². The molecule has 100 valence electrons. The third kappa shape index (κ3) is 2.89. The van der Waals surface area contributed by atoms with E-state index >= 15 is 0 Å². The zero-order valence-electron chi connectivity index (χ0n) is 10.3. The molecule has 1 heterocycles. The number of hydrogen-bond donors (Lipinski definition) is 0. The average Bonchev–Trinajstić information content (AvgIpc) is 2.74. The van der Waals surface area contributed by atoms with Gasteiger partial charge in [-0.1, -0.05) is 22.0 Å². The molecule has 1 aromatic rings. The fourth-order valence-corrected chi connectivity index (χ4v) is 3.02. The number of unbranched alkanes of at least 4 members (excludes halogenated alkanes) is 1. The van der Waals surface area contributed by atoms with Crippen LogP contribution in [0, 0.1) is 0 Å². The van der Waals surface area contributed by atoms with Crippen molar-refractivity contribution >= 4 is 31.9 Å². The van der Waals surface area contributed by atoms with Gasteiger partial charge in [-0.3, -0.25) is 4.68 Å². The minimum Gasteiger partial charge on any atom is -0.369 e. The van der Waals surface area contributed by atoms with Gasteiger partial charge in [-0.25, -0.2) is 0 Å². The first-order valence-electron chi connectivity index (χ1n) is 6.25. The SMILES string of the molecule is C=C[C@@]1(OCCCCBr)CCC1n1cc(Br)cn1. The lowest BCUT2D eigenvalue weighted by Gasteiger charge is -2.47. The largest absolute Gasteiger partial charge is 0.369 e. The van der Waals surface area contributed by atoms with Crippen LogP contribution in [-0.4, -0.2) is 27.3 Å². The Hall–Kier alpha value is -0.130. The highest BCUT2D eigenvalue weighted by molar-refractivity contribution is 9.10. The second-order valence-corrected chi connectivity index (χ2v) is 6.31. The van der Waals surface area contributed by atoms with Crippen molar-refractivity contribution in [1.29, 1.82) is 0 Å². The summed E-state index contributed by atoms with van der Waals surface area (Å²) in [4.78, 5) is 0. The lowest BCUT2D eigenvalue weighted by Crippen LogP contribution is -2.49. The van der Waals surface area contributed by atoms with Gasteiger partial charge in [0.05, 0.1) is 16.7 Å². The number of ether oxygens (including phenoxy) is 1. The molecule has 0 radical (unpaired) electrons. The molecule has 0 aromatic carbocycles. The summed E-state index contributed by atoms with van der Waals surface area (Å²) in [5.74, 6) is 0. The molecule has 1 fully saturated rings. The maximum atomic E-state index is 6.08. The zero-order valence-corrected chi connectivity index (χ0v) is 13.5. The monoisotopic (exact) mass is 376 g/mol. The molecular formula is C13H18Br2N2O. The molecule has 0 aliphatic heterocycles. The van der Waals surface area contributed by atoms with Gasteiger partial charge in [-0.05, 0) is 41.6 Å². The van der Waals surface area contributed by atoms with Crippen LogP contribution in [-0.2, 0) is 4.74 Å². The standard InChI is InChI=1S/C13H18Br2N2O/c1-2-13(18-8-4-3-7-14)6-5-12(13)17-10-11(15)9-16-17/h2,9-10,12H,1,3-8H2/t12?,13-/m1/s1. The van der Waals surface area contributed by atoms with Crippen LogP contribution in [0.2, 0.25) is 0 Å². The molecule has 2 atom stereocenters.